The van der Waals surface area contributed by atoms with Gasteiger partial charge in [0.25, 0.3) is 0 Å². The Labute approximate surface area is 114 Å². The van der Waals surface area contributed by atoms with Gasteiger partial charge in [0.15, 0.2) is 4.67 Å². The van der Waals surface area contributed by atoms with E-state index in [4.69, 9.17) is 4.42 Å². The lowest BCUT2D eigenvalue weighted by molar-refractivity contribution is 0.419. The maximum Gasteiger partial charge on any atom is 0.169 e. The molecule has 2 nitrogen and oxygen atoms in total. The van der Waals surface area contributed by atoms with E-state index in [1.54, 1.807) is 6.07 Å². The summed E-state index contributed by atoms with van der Waals surface area (Å²) in [5.41, 5.74) is 0.734. The van der Waals surface area contributed by atoms with Crippen molar-refractivity contribution in [2.24, 2.45) is 0 Å². The van der Waals surface area contributed by atoms with Crippen molar-refractivity contribution in [2.75, 3.05) is 6.54 Å². The first-order chi connectivity index (χ1) is 8.66. The average Bonchev–Trinajstić information content (AvgIpc) is 2.78. The smallest absolute Gasteiger partial charge is 0.169 e. The maximum atomic E-state index is 13.4. The highest BCUT2D eigenvalue weighted by molar-refractivity contribution is 9.10. The fourth-order valence-electron chi connectivity index (χ4n) is 1.79. The second-order valence-corrected chi connectivity index (χ2v) is 4.94. The van der Waals surface area contributed by atoms with Crippen LogP contribution in [0.2, 0.25) is 0 Å². The van der Waals surface area contributed by atoms with E-state index >= 15 is 0 Å². The first kappa shape index (κ1) is 13.3. The van der Waals surface area contributed by atoms with Crippen LogP contribution < -0.4 is 5.32 Å². The summed E-state index contributed by atoms with van der Waals surface area (Å²) < 4.78 is 19.6. The zero-order chi connectivity index (χ0) is 13.0. The van der Waals surface area contributed by atoms with Crippen LogP contribution in [0.15, 0.2) is 45.5 Å². The van der Waals surface area contributed by atoms with E-state index in [-0.39, 0.29) is 11.9 Å². The monoisotopic (exact) mass is 311 g/mol. The van der Waals surface area contributed by atoms with E-state index in [1.807, 2.05) is 31.2 Å². The molecule has 1 aromatic carbocycles. The van der Waals surface area contributed by atoms with Crippen molar-refractivity contribution >= 4 is 15.9 Å². The molecule has 0 bridgehead atoms. The van der Waals surface area contributed by atoms with Gasteiger partial charge in [0, 0.05) is 0 Å². The Hall–Kier alpha value is -1.13. The van der Waals surface area contributed by atoms with Crippen LogP contribution in [0.25, 0.3) is 0 Å². The minimum Gasteiger partial charge on any atom is -0.453 e. The first-order valence-electron chi connectivity index (χ1n) is 5.89. The lowest BCUT2D eigenvalue weighted by Crippen LogP contribution is -2.21. The minimum absolute atomic E-state index is 0.114. The van der Waals surface area contributed by atoms with E-state index < -0.39 is 0 Å². The largest absolute Gasteiger partial charge is 0.453 e. The highest BCUT2D eigenvalue weighted by Crippen LogP contribution is 2.20. The molecule has 4 heteroatoms. The van der Waals surface area contributed by atoms with Crippen LogP contribution in [0.1, 0.15) is 24.3 Å². The molecule has 0 saturated heterocycles. The van der Waals surface area contributed by atoms with Crippen molar-refractivity contribution in [1.82, 2.24) is 5.32 Å². The number of nitrogens with one attached hydrogen (secondary N) is 1. The molecule has 96 valence electrons. The van der Waals surface area contributed by atoms with Gasteiger partial charge in [0.2, 0.25) is 0 Å². The van der Waals surface area contributed by atoms with Crippen LogP contribution in [0, 0.1) is 5.82 Å². The standard InChI is InChI=1S/C14H15BrFNO/c1-10(13-6-7-14(15)18-13)17-9-8-11-4-2-3-5-12(11)16/h2-7,10,17H,8-9H2,1H3. The zero-order valence-corrected chi connectivity index (χ0v) is 11.7. The van der Waals surface area contributed by atoms with Gasteiger partial charge in [-0.2, -0.15) is 0 Å². The van der Waals surface area contributed by atoms with Crippen molar-refractivity contribution in [3.63, 3.8) is 0 Å². The normalized spacial score (nSPS) is 12.6. The number of hydrogen-bond donors (Lipinski definition) is 1. The summed E-state index contributed by atoms with van der Waals surface area (Å²) in [6.07, 6.45) is 0.666. The Kier molecular flexibility index (Phi) is 4.55. The number of hydrogen-bond acceptors (Lipinski definition) is 2. The Balaban J connectivity index is 1.84. The van der Waals surface area contributed by atoms with Gasteiger partial charge in [0.1, 0.15) is 11.6 Å². The molecule has 0 spiro atoms. The van der Waals surface area contributed by atoms with Crippen LogP contribution in [0.4, 0.5) is 4.39 Å². The third kappa shape index (κ3) is 3.43. The van der Waals surface area contributed by atoms with Gasteiger partial charge in [-0.3, -0.25) is 0 Å². The van der Waals surface area contributed by atoms with Gasteiger partial charge in [-0.05, 0) is 59.6 Å². The molecule has 1 N–H and O–H groups in total. The average molecular weight is 312 g/mol. The summed E-state index contributed by atoms with van der Waals surface area (Å²) in [5.74, 6) is 0.725. The predicted octanol–water partition coefficient (Wildman–Crippen LogP) is 4.07. The van der Waals surface area contributed by atoms with E-state index in [0.29, 0.717) is 13.0 Å². The molecule has 18 heavy (non-hydrogen) atoms. The van der Waals surface area contributed by atoms with Crippen molar-refractivity contribution in [2.45, 2.75) is 19.4 Å². The summed E-state index contributed by atoms with van der Waals surface area (Å²) in [4.78, 5) is 0. The van der Waals surface area contributed by atoms with Gasteiger partial charge in [0.05, 0.1) is 6.04 Å². The third-order valence-corrected chi connectivity index (χ3v) is 3.25. The maximum absolute atomic E-state index is 13.4. The van der Waals surface area contributed by atoms with Crippen molar-refractivity contribution in [1.29, 1.82) is 0 Å². The lowest BCUT2D eigenvalue weighted by Gasteiger charge is -2.11. The molecule has 2 aromatic rings. The second kappa shape index (κ2) is 6.16. The topological polar surface area (TPSA) is 25.2 Å². The number of rotatable bonds is 5. The molecule has 0 aliphatic carbocycles. The Morgan fingerprint density at radius 1 is 1.28 bits per heavy atom. The van der Waals surface area contributed by atoms with E-state index in [9.17, 15) is 4.39 Å². The molecular weight excluding hydrogens is 297 g/mol. The third-order valence-electron chi connectivity index (χ3n) is 2.82. The van der Waals surface area contributed by atoms with Crippen molar-refractivity contribution in [3.05, 3.63) is 58.2 Å². The van der Waals surface area contributed by atoms with Gasteiger partial charge in [-0.25, -0.2) is 4.39 Å². The highest BCUT2D eigenvalue weighted by atomic mass is 79.9. The molecule has 1 aromatic heterocycles. The SMILES string of the molecule is CC(NCCc1ccccc1F)c1ccc(Br)o1. The van der Waals surface area contributed by atoms with Crippen LogP contribution in [-0.2, 0) is 6.42 Å². The van der Waals surface area contributed by atoms with Gasteiger partial charge < -0.3 is 9.73 Å². The minimum atomic E-state index is -0.146. The molecule has 1 unspecified atom stereocenters. The van der Waals surface area contributed by atoms with Gasteiger partial charge in [-0.15, -0.1) is 0 Å². The lowest BCUT2D eigenvalue weighted by atomic mass is 10.1. The molecule has 0 aliphatic rings. The molecule has 0 fully saturated rings. The fraction of sp³-hybridized carbons (Fsp3) is 0.286. The van der Waals surface area contributed by atoms with Crippen LogP contribution >= 0.6 is 15.9 Å². The zero-order valence-electron chi connectivity index (χ0n) is 10.1. The second-order valence-electron chi connectivity index (χ2n) is 4.16. The number of halogens is 2. The van der Waals surface area contributed by atoms with Gasteiger partial charge >= 0.3 is 0 Å². The van der Waals surface area contributed by atoms with Crippen LogP contribution in [-0.4, -0.2) is 6.54 Å². The summed E-state index contributed by atoms with van der Waals surface area (Å²) in [7, 11) is 0. The van der Waals surface area contributed by atoms with Crippen LogP contribution in [0.5, 0.6) is 0 Å². The summed E-state index contributed by atoms with van der Waals surface area (Å²) in [6.45, 7) is 2.73. The molecule has 0 saturated carbocycles. The molecule has 1 atom stereocenters. The van der Waals surface area contributed by atoms with Crippen molar-refractivity contribution in [3.8, 4) is 0 Å². The molecular formula is C14H15BrFNO. The van der Waals surface area contributed by atoms with Crippen molar-refractivity contribution < 1.29 is 8.81 Å². The molecule has 1 heterocycles. The number of furan rings is 1. The predicted molar refractivity (Wildman–Crippen MR) is 72.9 cm³/mol. The summed E-state index contributed by atoms with van der Waals surface area (Å²) >= 11 is 3.27. The molecule has 0 aliphatic heterocycles. The van der Waals surface area contributed by atoms with E-state index in [1.165, 1.54) is 6.07 Å². The quantitative estimate of drug-likeness (QED) is 0.900. The van der Waals surface area contributed by atoms with Gasteiger partial charge in [-0.1, -0.05) is 18.2 Å². The molecule has 0 radical (unpaired) electrons. The summed E-state index contributed by atoms with van der Waals surface area (Å²) in [5, 5.41) is 3.31. The highest BCUT2D eigenvalue weighted by Gasteiger charge is 2.09. The first-order valence-corrected chi connectivity index (χ1v) is 6.68. The Morgan fingerprint density at radius 2 is 2.06 bits per heavy atom. The van der Waals surface area contributed by atoms with Crippen LogP contribution in [0.3, 0.4) is 0 Å². The summed E-state index contributed by atoms with van der Waals surface area (Å²) in [6, 6.07) is 10.8. The van der Waals surface area contributed by atoms with E-state index in [2.05, 4.69) is 21.2 Å². The Bertz CT molecular complexity index is 512. The van der Waals surface area contributed by atoms with E-state index in [0.717, 1.165) is 16.0 Å². The molecule has 2 rings (SSSR count). The fourth-order valence-corrected chi connectivity index (χ4v) is 2.11. The Morgan fingerprint density at radius 3 is 2.72 bits per heavy atom. The molecule has 0 amide bonds. The number of benzene rings is 1.